The highest BCUT2D eigenvalue weighted by Gasteiger charge is 2.33. The fraction of sp³-hybridized carbons (Fsp3) is 0.417. The highest BCUT2D eigenvalue weighted by molar-refractivity contribution is 5.50. The molecule has 2 rings (SSSR count). The van der Waals surface area contributed by atoms with E-state index in [0.29, 0.717) is 18.5 Å². The van der Waals surface area contributed by atoms with Crippen molar-refractivity contribution in [1.82, 2.24) is 0 Å². The van der Waals surface area contributed by atoms with Crippen LogP contribution in [-0.4, -0.2) is 18.8 Å². The molecule has 1 aromatic carbocycles. The first-order chi connectivity index (χ1) is 7.11. The first kappa shape index (κ1) is 9.97. The Morgan fingerprint density at radius 1 is 1.40 bits per heavy atom. The fourth-order valence-electron chi connectivity index (χ4n) is 1.89. The maximum absolute atomic E-state index is 13.6. The van der Waals surface area contributed by atoms with E-state index in [2.05, 4.69) is 6.07 Å². The molecule has 0 aliphatic carbocycles. The van der Waals surface area contributed by atoms with Gasteiger partial charge in [-0.05, 0) is 31.2 Å². The zero-order valence-corrected chi connectivity index (χ0v) is 8.70. The largest absolute Gasteiger partial charge is 0.368 e. The topological polar surface area (TPSA) is 27.0 Å². The standard InChI is InChI=1S/C12H13FN2/c1-12(13)6-7-15(9-12)11-4-2-10(8-14)3-5-11/h2-5H,6-7,9H2,1H3/t12-/m1/s1. The molecule has 1 atom stereocenters. The van der Waals surface area contributed by atoms with Crippen LogP contribution in [0.4, 0.5) is 10.1 Å². The third kappa shape index (κ3) is 2.10. The predicted octanol–water partition coefficient (Wildman–Crippen LogP) is 2.50. The maximum atomic E-state index is 13.6. The lowest BCUT2D eigenvalue weighted by Gasteiger charge is -2.19. The van der Waals surface area contributed by atoms with E-state index in [1.807, 2.05) is 17.0 Å². The van der Waals surface area contributed by atoms with Crippen molar-refractivity contribution in [3.05, 3.63) is 29.8 Å². The van der Waals surface area contributed by atoms with Crippen LogP contribution in [0.3, 0.4) is 0 Å². The number of rotatable bonds is 1. The van der Waals surface area contributed by atoms with Crippen molar-refractivity contribution < 1.29 is 4.39 Å². The highest BCUT2D eigenvalue weighted by Crippen LogP contribution is 2.29. The molecular weight excluding hydrogens is 191 g/mol. The molecule has 0 radical (unpaired) electrons. The minimum absolute atomic E-state index is 0.443. The van der Waals surface area contributed by atoms with E-state index in [9.17, 15) is 4.39 Å². The summed E-state index contributed by atoms with van der Waals surface area (Å²) in [5.41, 5.74) is 0.560. The Balaban J connectivity index is 2.15. The van der Waals surface area contributed by atoms with Gasteiger partial charge in [-0.25, -0.2) is 4.39 Å². The van der Waals surface area contributed by atoms with E-state index in [1.165, 1.54) is 0 Å². The SMILES string of the molecule is C[C@@]1(F)CCN(c2ccc(C#N)cc2)C1. The van der Waals surface area contributed by atoms with Crippen molar-refractivity contribution in [2.24, 2.45) is 0 Å². The lowest BCUT2D eigenvalue weighted by atomic mass is 10.1. The van der Waals surface area contributed by atoms with Gasteiger partial charge in [0.15, 0.2) is 0 Å². The highest BCUT2D eigenvalue weighted by atomic mass is 19.1. The first-order valence-corrected chi connectivity index (χ1v) is 5.05. The van der Waals surface area contributed by atoms with Crippen LogP contribution < -0.4 is 4.90 Å². The summed E-state index contributed by atoms with van der Waals surface area (Å²) >= 11 is 0. The Bertz CT molecular complexity index is 389. The number of benzene rings is 1. The van der Waals surface area contributed by atoms with Crippen molar-refractivity contribution in [3.8, 4) is 6.07 Å². The molecule has 1 aliphatic rings. The summed E-state index contributed by atoms with van der Waals surface area (Å²) in [6, 6.07) is 9.35. The second-order valence-corrected chi connectivity index (χ2v) is 4.24. The molecule has 78 valence electrons. The first-order valence-electron chi connectivity index (χ1n) is 5.05. The Kier molecular flexibility index (Phi) is 2.36. The number of hydrogen-bond acceptors (Lipinski definition) is 2. The molecule has 0 aromatic heterocycles. The molecule has 0 spiro atoms. The van der Waals surface area contributed by atoms with Gasteiger partial charge in [0.25, 0.3) is 0 Å². The monoisotopic (exact) mass is 204 g/mol. The number of nitrogens with zero attached hydrogens (tertiary/aromatic N) is 2. The van der Waals surface area contributed by atoms with E-state index in [0.717, 1.165) is 12.2 Å². The number of alkyl halides is 1. The van der Waals surface area contributed by atoms with E-state index in [4.69, 9.17) is 5.26 Å². The van der Waals surface area contributed by atoms with E-state index < -0.39 is 5.67 Å². The van der Waals surface area contributed by atoms with Crippen LogP contribution in [0, 0.1) is 11.3 Å². The minimum Gasteiger partial charge on any atom is -0.368 e. The van der Waals surface area contributed by atoms with Gasteiger partial charge in [-0.2, -0.15) is 5.26 Å². The summed E-state index contributed by atoms with van der Waals surface area (Å²) in [6.45, 7) is 2.83. The fourth-order valence-corrected chi connectivity index (χ4v) is 1.89. The number of halogens is 1. The summed E-state index contributed by atoms with van der Waals surface area (Å²) < 4.78 is 13.6. The molecule has 1 aromatic rings. The maximum Gasteiger partial charge on any atom is 0.127 e. The van der Waals surface area contributed by atoms with Gasteiger partial charge in [0.2, 0.25) is 0 Å². The second-order valence-electron chi connectivity index (χ2n) is 4.24. The quantitative estimate of drug-likeness (QED) is 0.702. The van der Waals surface area contributed by atoms with Crippen LogP contribution in [0.5, 0.6) is 0 Å². The minimum atomic E-state index is -1.08. The van der Waals surface area contributed by atoms with Gasteiger partial charge in [0.05, 0.1) is 18.2 Å². The molecule has 2 nitrogen and oxygen atoms in total. The van der Waals surface area contributed by atoms with Gasteiger partial charge < -0.3 is 4.90 Å². The van der Waals surface area contributed by atoms with Gasteiger partial charge >= 0.3 is 0 Å². The molecule has 1 aliphatic heterocycles. The number of anilines is 1. The third-order valence-electron chi connectivity index (χ3n) is 2.79. The van der Waals surface area contributed by atoms with Gasteiger partial charge in [-0.3, -0.25) is 0 Å². The van der Waals surface area contributed by atoms with E-state index >= 15 is 0 Å². The molecule has 3 heteroatoms. The number of hydrogen-bond donors (Lipinski definition) is 0. The zero-order chi connectivity index (χ0) is 10.9. The van der Waals surface area contributed by atoms with Crippen LogP contribution in [-0.2, 0) is 0 Å². The molecule has 1 fully saturated rings. The molecule has 1 saturated heterocycles. The average molecular weight is 204 g/mol. The lowest BCUT2D eigenvalue weighted by Crippen LogP contribution is -2.25. The van der Waals surface area contributed by atoms with Gasteiger partial charge in [-0.15, -0.1) is 0 Å². The van der Waals surface area contributed by atoms with Gasteiger partial charge in [-0.1, -0.05) is 0 Å². The Morgan fingerprint density at radius 2 is 2.07 bits per heavy atom. The van der Waals surface area contributed by atoms with E-state index in [1.54, 1.807) is 19.1 Å². The normalized spacial score (nSPS) is 25.3. The Hall–Kier alpha value is -1.56. The summed E-state index contributed by atoms with van der Waals surface area (Å²) in [5.74, 6) is 0. The third-order valence-corrected chi connectivity index (χ3v) is 2.79. The summed E-state index contributed by atoms with van der Waals surface area (Å²) in [4.78, 5) is 2.02. The van der Waals surface area contributed by atoms with Crippen molar-refractivity contribution in [2.45, 2.75) is 19.0 Å². The number of nitriles is 1. The van der Waals surface area contributed by atoms with Crippen LogP contribution >= 0.6 is 0 Å². The summed E-state index contributed by atoms with van der Waals surface area (Å²) in [7, 11) is 0. The van der Waals surface area contributed by atoms with Crippen LogP contribution in [0.1, 0.15) is 18.9 Å². The predicted molar refractivity (Wildman–Crippen MR) is 57.5 cm³/mol. The molecule has 1 heterocycles. The van der Waals surface area contributed by atoms with Crippen molar-refractivity contribution >= 4 is 5.69 Å². The van der Waals surface area contributed by atoms with Crippen molar-refractivity contribution in [1.29, 1.82) is 5.26 Å². The molecule has 0 N–H and O–H groups in total. The molecule has 0 amide bonds. The van der Waals surface area contributed by atoms with Gasteiger partial charge in [0, 0.05) is 18.7 Å². The second kappa shape index (κ2) is 3.54. The zero-order valence-electron chi connectivity index (χ0n) is 8.70. The van der Waals surface area contributed by atoms with Crippen molar-refractivity contribution in [3.63, 3.8) is 0 Å². The smallest absolute Gasteiger partial charge is 0.127 e. The Labute approximate surface area is 88.9 Å². The van der Waals surface area contributed by atoms with Crippen LogP contribution in [0.25, 0.3) is 0 Å². The molecule has 15 heavy (non-hydrogen) atoms. The van der Waals surface area contributed by atoms with Gasteiger partial charge in [0.1, 0.15) is 5.67 Å². The Morgan fingerprint density at radius 3 is 2.53 bits per heavy atom. The summed E-state index contributed by atoms with van der Waals surface area (Å²) in [6.07, 6.45) is 0.576. The lowest BCUT2D eigenvalue weighted by molar-refractivity contribution is 0.221. The molecule has 0 bridgehead atoms. The molecular formula is C12H13FN2. The van der Waals surface area contributed by atoms with Crippen LogP contribution in [0.2, 0.25) is 0 Å². The van der Waals surface area contributed by atoms with E-state index in [-0.39, 0.29) is 0 Å². The molecule has 0 unspecified atom stereocenters. The van der Waals surface area contributed by atoms with Crippen LogP contribution in [0.15, 0.2) is 24.3 Å². The average Bonchev–Trinajstić information content (AvgIpc) is 2.59. The molecule has 0 saturated carbocycles. The van der Waals surface area contributed by atoms with Crippen molar-refractivity contribution in [2.75, 3.05) is 18.0 Å². The summed E-state index contributed by atoms with van der Waals surface area (Å²) in [5, 5.41) is 8.65.